The van der Waals surface area contributed by atoms with E-state index in [1.165, 1.54) is 0 Å². The lowest BCUT2D eigenvalue weighted by Gasteiger charge is -2.05. The van der Waals surface area contributed by atoms with Crippen LogP contribution in [0.25, 0.3) is 0 Å². The molecule has 1 aromatic carbocycles. The number of rotatable bonds is 6. The normalized spacial score (nSPS) is 9.65. The van der Waals surface area contributed by atoms with Crippen LogP contribution in [0.15, 0.2) is 18.2 Å². The fourth-order valence-electron chi connectivity index (χ4n) is 1.24. The van der Waals surface area contributed by atoms with Gasteiger partial charge in [-0.25, -0.2) is 4.39 Å². The summed E-state index contributed by atoms with van der Waals surface area (Å²) in [6.07, 6.45) is 1.66. The molecule has 1 rings (SSSR count). The van der Waals surface area contributed by atoms with Crippen LogP contribution >= 0.6 is 0 Å². The molecule has 6 heteroatoms. The summed E-state index contributed by atoms with van der Waals surface area (Å²) in [4.78, 5) is 10.0. The Kier molecular flexibility index (Phi) is 4.88. The summed E-state index contributed by atoms with van der Waals surface area (Å²) < 4.78 is 18.0. The minimum atomic E-state index is -0.621. The van der Waals surface area contributed by atoms with Gasteiger partial charge in [0, 0.05) is 18.6 Å². The number of benzene rings is 1. The van der Waals surface area contributed by atoms with Crippen molar-refractivity contribution < 1.29 is 14.1 Å². The first kappa shape index (κ1) is 12.9. The number of halogens is 1. The van der Waals surface area contributed by atoms with Gasteiger partial charge in [-0.15, -0.1) is 0 Å². The van der Waals surface area contributed by atoms with E-state index in [1.54, 1.807) is 0 Å². The Morgan fingerprint density at radius 3 is 2.88 bits per heavy atom. The summed E-state index contributed by atoms with van der Waals surface area (Å²) in [6, 6.07) is 5.05. The molecule has 0 heterocycles. The largest absolute Gasteiger partial charge is 0.487 e. The summed E-state index contributed by atoms with van der Waals surface area (Å²) in [5.74, 6) is -0.658. The first-order valence-electron chi connectivity index (χ1n) is 5.09. The van der Waals surface area contributed by atoms with E-state index in [9.17, 15) is 14.5 Å². The van der Waals surface area contributed by atoms with E-state index in [4.69, 9.17) is 10.00 Å². The number of hydrogen-bond donors (Lipinski definition) is 0. The molecule has 0 aliphatic rings. The Hall–Kier alpha value is -2.16. The van der Waals surface area contributed by atoms with Crippen molar-refractivity contribution in [1.82, 2.24) is 0 Å². The SMILES string of the molecule is N#CCCCCOc1cc(F)ccc1[N+](=O)[O-]. The molecule has 17 heavy (non-hydrogen) atoms. The maximum absolute atomic E-state index is 12.9. The van der Waals surface area contributed by atoms with E-state index in [0.717, 1.165) is 18.2 Å². The zero-order valence-electron chi connectivity index (χ0n) is 9.06. The first-order valence-corrected chi connectivity index (χ1v) is 5.09. The van der Waals surface area contributed by atoms with Crippen molar-refractivity contribution in [1.29, 1.82) is 5.26 Å². The van der Waals surface area contributed by atoms with Crippen LogP contribution in [0.4, 0.5) is 10.1 Å². The number of unbranched alkanes of at least 4 members (excludes halogenated alkanes) is 2. The molecular formula is C11H11FN2O3. The van der Waals surface area contributed by atoms with E-state index in [0.29, 0.717) is 19.3 Å². The molecule has 0 bridgehead atoms. The van der Waals surface area contributed by atoms with Crippen molar-refractivity contribution in [2.24, 2.45) is 0 Å². The molecule has 0 spiro atoms. The van der Waals surface area contributed by atoms with Gasteiger partial charge in [-0.2, -0.15) is 5.26 Å². The number of nitro benzene ring substituents is 1. The molecule has 0 fully saturated rings. The zero-order valence-corrected chi connectivity index (χ0v) is 9.06. The highest BCUT2D eigenvalue weighted by Gasteiger charge is 2.15. The minimum Gasteiger partial charge on any atom is -0.487 e. The van der Waals surface area contributed by atoms with Crippen LogP contribution in [0.1, 0.15) is 19.3 Å². The van der Waals surface area contributed by atoms with Gasteiger partial charge in [-0.05, 0) is 18.9 Å². The van der Waals surface area contributed by atoms with Crippen LogP contribution in [-0.4, -0.2) is 11.5 Å². The summed E-state index contributed by atoms with van der Waals surface area (Å²) in [5.41, 5.74) is -0.258. The fourth-order valence-corrected chi connectivity index (χ4v) is 1.24. The number of nitro groups is 1. The van der Waals surface area contributed by atoms with Gasteiger partial charge >= 0.3 is 5.69 Å². The molecule has 0 saturated carbocycles. The highest BCUT2D eigenvalue weighted by atomic mass is 19.1. The molecular weight excluding hydrogens is 227 g/mol. The molecule has 0 radical (unpaired) electrons. The molecule has 0 aliphatic carbocycles. The average Bonchev–Trinajstić information content (AvgIpc) is 2.28. The maximum atomic E-state index is 12.9. The second-order valence-corrected chi connectivity index (χ2v) is 3.33. The van der Waals surface area contributed by atoms with E-state index in [-0.39, 0.29) is 18.0 Å². The molecule has 5 nitrogen and oxygen atoms in total. The van der Waals surface area contributed by atoms with Crippen LogP contribution in [0.2, 0.25) is 0 Å². The topological polar surface area (TPSA) is 76.2 Å². The van der Waals surface area contributed by atoms with E-state index >= 15 is 0 Å². The van der Waals surface area contributed by atoms with Crippen molar-refractivity contribution in [2.75, 3.05) is 6.61 Å². The van der Waals surface area contributed by atoms with Gasteiger partial charge in [-0.1, -0.05) is 0 Å². The second kappa shape index (κ2) is 6.43. The predicted octanol–water partition coefficient (Wildman–Crippen LogP) is 2.81. The number of nitriles is 1. The summed E-state index contributed by atoms with van der Waals surface area (Å²) >= 11 is 0. The lowest BCUT2D eigenvalue weighted by molar-refractivity contribution is -0.385. The van der Waals surface area contributed by atoms with E-state index < -0.39 is 10.7 Å². The van der Waals surface area contributed by atoms with Gasteiger partial charge in [0.25, 0.3) is 0 Å². The summed E-state index contributed by atoms with van der Waals surface area (Å²) in [6.45, 7) is 0.228. The third kappa shape index (κ3) is 4.07. The number of nitrogens with zero attached hydrogens (tertiary/aromatic N) is 2. The Balaban J connectivity index is 2.60. The quantitative estimate of drug-likeness (QED) is 0.433. The molecule has 0 saturated heterocycles. The first-order chi connectivity index (χ1) is 8.15. The Labute approximate surface area is 97.6 Å². The van der Waals surface area contributed by atoms with Crippen LogP contribution in [0, 0.1) is 27.3 Å². The maximum Gasteiger partial charge on any atom is 0.311 e. The van der Waals surface area contributed by atoms with Crippen LogP contribution < -0.4 is 4.74 Å². The minimum absolute atomic E-state index is 0.0769. The van der Waals surface area contributed by atoms with Crippen molar-refractivity contribution in [3.8, 4) is 11.8 Å². The lowest BCUT2D eigenvalue weighted by Crippen LogP contribution is -2.01. The average molecular weight is 238 g/mol. The molecule has 0 N–H and O–H groups in total. The van der Waals surface area contributed by atoms with Crippen LogP contribution in [0.5, 0.6) is 5.75 Å². The molecule has 0 aliphatic heterocycles. The van der Waals surface area contributed by atoms with Crippen LogP contribution in [-0.2, 0) is 0 Å². The van der Waals surface area contributed by atoms with Gasteiger partial charge in [0.15, 0.2) is 5.75 Å². The van der Waals surface area contributed by atoms with E-state index in [2.05, 4.69) is 0 Å². The fraction of sp³-hybridized carbons (Fsp3) is 0.364. The molecule has 0 amide bonds. The second-order valence-electron chi connectivity index (χ2n) is 3.33. The van der Waals surface area contributed by atoms with Crippen molar-refractivity contribution in [3.05, 3.63) is 34.1 Å². The molecule has 90 valence electrons. The van der Waals surface area contributed by atoms with Crippen molar-refractivity contribution >= 4 is 5.69 Å². The summed E-state index contributed by atoms with van der Waals surface area (Å²) in [7, 11) is 0. The van der Waals surface area contributed by atoms with Crippen molar-refractivity contribution in [3.63, 3.8) is 0 Å². The lowest BCUT2D eigenvalue weighted by atomic mass is 10.2. The number of ether oxygens (including phenoxy) is 1. The summed E-state index contributed by atoms with van der Waals surface area (Å²) in [5, 5.41) is 18.9. The highest BCUT2D eigenvalue weighted by molar-refractivity contribution is 5.46. The monoisotopic (exact) mass is 238 g/mol. The van der Waals surface area contributed by atoms with Gasteiger partial charge in [0.1, 0.15) is 5.82 Å². The Morgan fingerprint density at radius 2 is 2.24 bits per heavy atom. The smallest absolute Gasteiger partial charge is 0.311 e. The van der Waals surface area contributed by atoms with Gasteiger partial charge in [-0.3, -0.25) is 10.1 Å². The van der Waals surface area contributed by atoms with Gasteiger partial charge in [0.05, 0.1) is 17.6 Å². The zero-order chi connectivity index (χ0) is 12.7. The predicted molar refractivity (Wildman–Crippen MR) is 58.0 cm³/mol. The third-order valence-electron chi connectivity index (χ3n) is 2.06. The standard InChI is InChI=1S/C11H11FN2O3/c12-9-4-5-10(14(15)16)11(8-9)17-7-3-1-2-6-13/h4-5,8H,1-3,7H2. The molecule has 0 atom stereocenters. The third-order valence-corrected chi connectivity index (χ3v) is 2.06. The van der Waals surface area contributed by atoms with E-state index in [1.807, 2.05) is 6.07 Å². The van der Waals surface area contributed by atoms with Gasteiger partial charge < -0.3 is 4.74 Å². The Bertz CT molecular complexity index is 443. The highest BCUT2D eigenvalue weighted by Crippen LogP contribution is 2.27. The van der Waals surface area contributed by atoms with Crippen LogP contribution in [0.3, 0.4) is 0 Å². The molecule has 0 unspecified atom stereocenters. The van der Waals surface area contributed by atoms with Gasteiger partial charge in [0.2, 0.25) is 0 Å². The molecule has 0 aromatic heterocycles. The molecule has 1 aromatic rings. The van der Waals surface area contributed by atoms with Crippen molar-refractivity contribution in [2.45, 2.75) is 19.3 Å². The Morgan fingerprint density at radius 1 is 1.47 bits per heavy atom. The number of hydrogen-bond acceptors (Lipinski definition) is 4.